The first-order valence-corrected chi connectivity index (χ1v) is 10.0. The van der Waals surface area contributed by atoms with Crippen molar-refractivity contribution >= 4 is 21.9 Å². The first kappa shape index (κ1) is 19.5. The predicted molar refractivity (Wildman–Crippen MR) is 95.2 cm³/mol. The van der Waals surface area contributed by atoms with E-state index in [1.807, 2.05) is 18.7 Å². The van der Waals surface area contributed by atoms with E-state index in [0.717, 1.165) is 0 Å². The zero-order chi connectivity index (χ0) is 18.4. The molecule has 0 bridgehead atoms. The summed E-state index contributed by atoms with van der Waals surface area (Å²) in [6.07, 6.45) is 1.11. The second-order valence-electron chi connectivity index (χ2n) is 5.61. The van der Waals surface area contributed by atoms with E-state index in [4.69, 9.17) is 4.74 Å². The highest BCUT2D eigenvalue weighted by molar-refractivity contribution is 7.89. The van der Waals surface area contributed by atoms with Crippen LogP contribution in [-0.4, -0.2) is 74.6 Å². The van der Waals surface area contributed by atoms with Gasteiger partial charge < -0.3 is 14.5 Å². The number of carbonyl (C=O) groups excluding carboxylic acids is 1. The van der Waals surface area contributed by atoms with Gasteiger partial charge in [-0.3, -0.25) is 0 Å². The number of ether oxygens (including phenoxy) is 1. The van der Waals surface area contributed by atoms with Crippen molar-refractivity contribution in [2.24, 2.45) is 0 Å². The molecule has 25 heavy (non-hydrogen) atoms. The van der Waals surface area contributed by atoms with E-state index < -0.39 is 10.0 Å². The van der Waals surface area contributed by atoms with Crippen LogP contribution in [0.5, 0.6) is 0 Å². The molecule has 1 aromatic heterocycles. The summed E-state index contributed by atoms with van der Waals surface area (Å²) in [6, 6.07) is 3.31. The molecule has 1 aliphatic rings. The zero-order valence-electron chi connectivity index (χ0n) is 15.0. The van der Waals surface area contributed by atoms with E-state index in [0.29, 0.717) is 51.7 Å². The molecule has 0 spiro atoms. The highest BCUT2D eigenvalue weighted by atomic mass is 32.2. The van der Waals surface area contributed by atoms with Gasteiger partial charge in [0.05, 0.1) is 6.61 Å². The van der Waals surface area contributed by atoms with Crippen LogP contribution in [0, 0.1) is 0 Å². The molecule has 0 aromatic carbocycles. The fraction of sp³-hybridized carbons (Fsp3) is 0.625. The summed E-state index contributed by atoms with van der Waals surface area (Å²) in [4.78, 5) is 19.9. The predicted octanol–water partition coefficient (Wildman–Crippen LogP) is 1.39. The third-order valence-corrected chi connectivity index (χ3v) is 6.23. The summed E-state index contributed by atoms with van der Waals surface area (Å²) in [5, 5.41) is 0. The van der Waals surface area contributed by atoms with Gasteiger partial charge in [-0.1, -0.05) is 13.8 Å². The number of hydrogen-bond donors (Lipinski definition) is 0. The lowest BCUT2D eigenvalue weighted by Crippen LogP contribution is -2.49. The smallest absolute Gasteiger partial charge is 0.409 e. The maximum absolute atomic E-state index is 12.5. The van der Waals surface area contributed by atoms with E-state index in [9.17, 15) is 13.2 Å². The van der Waals surface area contributed by atoms with Crippen molar-refractivity contribution in [1.82, 2.24) is 14.2 Å². The van der Waals surface area contributed by atoms with Gasteiger partial charge >= 0.3 is 6.09 Å². The van der Waals surface area contributed by atoms with Crippen molar-refractivity contribution < 1.29 is 17.9 Å². The van der Waals surface area contributed by atoms with E-state index >= 15 is 0 Å². The summed E-state index contributed by atoms with van der Waals surface area (Å²) in [5.74, 6) is 0.710. The van der Waals surface area contributed by atoms with Crippen molar-refractivity contribution in [1.29, 1.82) is 0 Å². The molecular weight excluding hydrogens is 344 g/mol. The molecule has 1 amide bonds. The Hall–Kier alpha value is -1.87. The quantitative estimate of drug-likeness (QED) is 0.753. The Morgan fingerprint density at radius 1 is 1.16 bits per heavy atom. The second kappa shape index (κ2) is 8.48. The van der Waals surface area contributed by atoms with Gasteiger partial charge in [0.25, 0.3) is 0 Å². The van der Waals surface area contributed by atoms with Gasteiger partial charge in [-0.25, -0.2) is 18.2 Å². The number of amides is 1. The fourth-order valence-corrected chi connectivity index (χ4v) is 4.16. The van der Waals surface area contributed by atoms with E-state index in [2.05, 4.69) is 4.98 Å². The van der Waals surface area contributed by atoms with Crippen molar-refractivity contribution in [3.63, 3.8) is 0 Å². The highest BCUT2D eigenvalue weighted by Gasteiger charge is 2.24. The summed E-state index contributed by atoms with van der Waals surface area (Å²) < 4.78 is 31.4. The number of rotatable bonds is 6. The van der Waals surface area contributed by atoms with Crippen molar-refractivity contribution in [2.45, 2.75) is 25.7 Å². The van der Waals surface area contributed by atoms with Gasteiger partial charge in [0.2, 0.25) is 10.0 Å². The molecule has 0 unspecified atom stereocenters. The summed E-state index contributed by atoms with van der Waals surface area (Å²) in [5.41, 5.74) is 0. The molecule has 140 valence electrons. The van der Waals surface area contributed by atoms with E-state index in [-0.39, 0.29) is 11.0 Å². The molecule has 0 radical (unpaired) electrons. The Labute approximate surface area is 149 Å². The van der Waals surface area contributed by atoms with Crippen LogP contribution in [0.2, 0.25) is 0 Å². The van der Waals surface area contributed by atoms with E-state index in [1.165, 1.54) is 10.5 Å². The van der Waals surface area contributed by atoms with Gasteiger partial charge in [-0.15, -0.1) is 0 Å². The number of aromatic nitrogens is 1. The number of hydrogen-bond acceptors (Lipinski definition) is 6. The Morgan fingerprint density at radius 3 is 2.28 bits per heavy atom. The topological polar surface area (TPSA) is 83.0 Å². The first-order valence-electron chi connectivity index (χ1n) is 8.56. The molecule has 8 nitrogen and oxygen atoms in total. The van der Waals surface area contributed by atoms with Crippen LogP contribution >= 0.6 is 0 Å². The summed E-state index contributed by atoms with van der Waals surface area (Å²) >= 11 is 0. The van der Waals surface area contributed by atoms with Crippen molar-refractivity contribution in [2.75, 3.05) is 50.8 Å². The van der Waals surface area contributed by atoms with Crippen LogP contribution in [0.1, 0.15) is 20.8 Å². The normalized spacial score (nSPS) is 15.5. The number of nitrogens with zero attached hydrogens (tertiary/aromatic N) is 4. The van der Waals surface area contributed by atoms with Crippen LogP contribution in [0.25, 0.3) is 0 Å². The Kier molecular flexibility index (Phi) is 6.60. The minimum atomic E-state index is -3.49. The third kappa shape index (κ3) is 4.40. The summed E-state index contributed by atoms with van der Waals surface area (Å²) in [6.45, 7) is 9.00. The van der Waals surface area contributed by atoms with E-state index in [1.54, 1.807) is 24.0 Å². The van der Waals surface area contributed by atoms with Crippen LogP contribution in [0.4, 0.5) is 10.6 Å². The number of pyridine rings is 1. The molecule has 0 aliphatic carbocycles. The molecule has 1 saturated heterocycles. The number of anilines is 1. The highest BCUT2D eigenvalue weighted by Crippen LogP contribution is 2.19. The Bertz CT molecular complexity index is 666. The van der Waals surface area contributed by atoms with Gasteiger partial charge in [0.1, 0.15) is 10.7 Å². The molecule has 2 rings (SSSR count). The number of sulfonamides is 1. The van der Waals surface area contributed by atoms with Crippen LogP contribution in [0.15, 0.2) is 23.2 Å². The fourth-order valence-electron chi connectivity index (χ4n) is 2.76. The standard InChI is InChI=1S/C16H26N4O4S/c1-4-20(5-2)25(22,23)14-7-8-15(17-13-14)18-9-11-19(12-10-18)16(21)24-6-3/h7-8,13H,4-6,9-12H2,1-3H3. The largest absolute Gasteiger partial charge is 0.450 e. The minimum absolute atomic E-state index is 0.199. The van der Waals surface area contributed by atoms with Crippen LogP contribution in [0.3, 0.4) is 0 Å². The molecule has 1 aliphatic heterocycles. The van der Waals surface area contributed by atoms with Gasteiger partial charge in [0.15, 0.2) is 0 Å². The lowest BCUT2D eigenvalue weighted by molar-refractivity contribution is 0.105. The Balaban J connectivity index is 2.03. The molecule has 2 heterocycles. The number of carbonyl (C=O) groups is 1. The van der Waals surface area contributed by atoms with Gasteiger partial charge in [-0.05, 0) is 19.1 Å². The van der Waals surface area contributed by atoms with Crippen LogP contribution < -0.4 is 4.90 Å². The van der Waals surface area contributed by atoms with Crippen molar-refractivity contribution in [3.8, 4) is 0 Å². The maximum Gasteiger partial charge on any atom is 0.409 e. The molecule has 0 atom stereocenters. The minimum Gasteiger partial charge on any atom is -0.450 e. The monoisotopic (exact) mass is 370 g/mol. The third-order valence-electron chi connectivity index (χ3n) is 4.19. The Morgan fingerprint density at radius 2 is 1.80 bits per heavy atom. The molecule has 0 N–H and O–H groups in total. The van der Waals surface area contributed by atoms with Crippen molar-refractivity contribution in [3.05, 3.63) is 18.3 Å². The average Bonchev–Trinajstić information content (AvgIpc) is 2.63. The lowest BCUT2D eigenvalue weighted by atomic mass is 10.3. The van der Waals surface area contributed by atoms with Crippen LogP contribution in [-0.2, 0) is 14.8 Å². The molecule has 0 saturated carbocycles. The molecule has 9 heteroatoms. The molecule has 1 fully saturated rings. The molecular formula is C16H26N4O4S. The maximum atomic E-state index is 12.5. The zero-order valence-corrected chi connectivity index (χ0v) is 15.8. The average molecular weight is 370 g/mol. The second-order valence-corrected chi connectivity index (χ2v) is 7.55. The molecule has 1 aromatic rings. The SMILES string of the molecule is CCOC(=O)N1CCN(c2ccc(S(=O)(=O)N(CC)CC)cn2)CC1. The van der Waals surface area contributed by atoms with Gasteiger partial charge in [0, 0.05) is 45.5 Å². The summed E-state index contributed by atoms with van der Waals surface area (Å²) in [7, 11) is -3.49. The lowest BCUT2D eigenvalue weighted by Gasteiger charge is -2.34. The first-order chi connectivity index (χ1) is 11.9. The number of piperazine rings is 1. The van der Waals surface area contributed by atoms with Gasteiger partial charge in [-0.2, -0.15) is 4.31 Å².